The van der Waals surface area contributed by atoms with E-state index in [9.17, 15) is 4.80 Å². The zero-order valence-electron chi connectivity index (χ0n) is 12.7. The highest BCUT2D eigenvalue weighted by molar-refractivity contribution is 7.06. The lowest BCUT2D eigenvalue weighted by Crippen LogP contribution is -2.67. The van der Waals surface area contributed by atoms with Crippen molar-refractivity contribution in [3.8, 4) is 0 Å². The van der Waals surface area contributed by atoms with Crippen molar-refractivity contribution in [1.82, 2.24) is 0 Å². The largest absolute Gasteiger partial charge is 0.421 e. The molecule has 2 heteroatoms. The molecule has 0 heterocycles. The van der Waals surface area contributed by atoms with Crippen LogP contribution in [0.25, 0.3) is 0 Å². The summed E-state index contributed by atoms with van der Waals surface area (Å²) >= 11 is 0. The number of benzene rings is 3. The van der Waals surface area contributed by atoms with E-state index in [1.807, 2.05) is 60.7 Å². The van der Waals surface area contributed by atoms with Crippen molar-refractivity contribution in [2.75, 3.05) is 0 Å². The maximum atomic E-state index is 11.7. The summed E-state index contributed by atoms with van der Waals surface area (Å²) in [6.07, 6.45) is 1.01. The molecule has 0 aliphatic carbocycles. The molecule has 22 heavy (non-hydrogen) atoms. The van der Waals surface area contributed by atoms with Gasteiger partial charge in [-0.05, 0) is 27.5 Å². The molecule has 0 fully saturated rings. The van der Waals surface area contributed by atoms with Gasteiger partial charge in [0.25, 0.3) is 8.32 Å². The van der Waals surface area contributed by atoms with Crippen molar-refractivity contribution >= 4 is 23.9 Å². The molecule has 0 saturated carbocycles. The van der Waals surface area contributed by atoms with Gasteiger partial charge in [0.1, 0.15) is 0 Å². The number of rotatable bonds is 4. The van der Waals surface area contributed by atoms with Crippen LogP contribution < -0.4 is 15.6 Å². The van der Waals surface area contributed by atoms with Crippen LogP contribution in [0.15, 0.2) is 84.9 Å². The van der Waals surface area contributed by atoms with Crippen molar-refractivity contribution in [1.29, 1.82) is 0 Å². The Morgan fingerprint density at radius 3 is 1.45 bits per heavy atom. The Morgan fingerprint density at radius 1 is 0.636 bits per heavy atom. The summed E-state index contributed by atoms with van der Waals surface area (Å²) in [5.41, 5.74) is 1.29. The average molecular weight is 304 g/mol. The van der Waals surface area contributed by atoms with E-state index in [1.165, 1.54) is 5.56 Å². The zero-order chi connectivity index (χ0) is 15.4. The Morgan fingerprint density at radius 2 is 1.05 bits per heavy atom. The highest BCUT2D eigenvalue weighted by Gasteiger charge is 2.37. The Labute approximate surface area is 133 Å². The Kier molecular flexibility index (Phi) is 4.23. The maximum absolute atomic E-state index is 11.7. The highest BCUT2D eigenvalue weighted by Crippen LogP contribution is 2.06. The van der Waals surface area contributed by atoms with Crippen molar-refractivity contribution in [2.24, 2.45) is 0 Å². The third-order valence-corrected chi connectivity index (χ3v) is 7.67. The van der Waals surface area contributed by atoms with Crippen LogP contribution in [0.4, 0.5) is 0 Å². The van der Waals surface area contributed by atoms with Crippen LogP contribution in [0.3, 0.4) is 0 Å². The van der Waals surface area contributed by atoms with Crippen molar-refractivity contribution < 1.29 is 4.80 Å². The maximum Gasteiger partial charge on any atom is 0.285 e. The minimum absolute atomic E-state index is 1.01. The quantitative estimate of drug-likeness (QED) is 0.579. The SMILES string of the molecule is CCc1ccc([Si](O)(c2ccccc2)c2ccccc2)cc1. The lowest BCUT2D eigenvalue weighted by atomic mass is 10.2. The molecule has 0 aliphatic rings. The fourth-order valence-electron chi connectivity index (χ4n) is 2.84. The standard InChI is InChI=1S/C20H20OSi/c1-2-17-13-15-20(16-14-17)22(21,18-9-5-3-6-10-18)19-11-7-4-8-12-19/h3-16,21H,2H2,1H3. The van der Waals surface area contributed by atoms with Crippen molar-refractivity contribution in [3.63, 3.8) is 0 Å². The molecule has 0 bridgehead atoms. The summed E-state index contributed by atoms with van der Waals surface area (Å²) in [6.45, 7) is 2.15. The van der Waals surface area contributed by atoms with E-state index >= 15 is 0 Å². The van der Waals surface area contributed by atoms with Crippen LogP contribution in [0, 0.1) is 0 Å². The van der Waals surface area contributed by atoms with E-state index < -0.39 is 8.32 Å². The van der Waals surface area contributed by atoms with Crippen LogP contribution in [-0.4, -0.2) is 13.1 Å². The molecule has 1 N–H and O–H groups in total. The summed E-state index contributed by atoms with van der Waals surface area (Å²) in [6, 6.07) is 28.5. The predicted molar refractivity (Wildman–Crippen MR) is 95.6 cm³/mol. The van der Waals surface area contributed by atoms with Gasteiger partial charge in [0.05, 0.1) is 0 Å². The second-order valence-electron chi connectivity index (χ2n) is 5.49. The molecule has 3 aromatic rings. The Bertz CT molecular complexity index is 681. The van der Waals surface area contributed by atoms with E-state index in [0.29, 0.717) is 0 Å². The molecule has 0 amide bonds. The molecule has 1 nitrogen and oxygen atoms in total. The van der Waals surface area contributed by atoms with Gasteiger partial charge < -0.3 is 4.80 Å². The first-order chi connectivity index (χ1) is 10.7. The van der Waals surface area contributed by atoms with Gasteiger partial charge in [-0.1, -0.05) is 91.9 Å². The molecule has 3 rings (SSSR count). The highest BCUT2D eigenvalue weighted by atomic mass is 28.4. The van der Waals surface area contributed by atoms with Crippen LogP contribution in [0.2, 0.25) is 0 Å². The van der Waals surface area contributed by atoms with Crippen molar-refractivity contribution in [2.45, 2.75) is 13.3 Å². The molecule has 0 atom stereocenters. The molecular formula is C20H20OSi. The van der Waals surface area contributed by atoms with Crippen LogP contribution in [0.5, 0.6) is 0 Å². The molecule has 0 unspecified atom stereocenters. The van der Waals surface area contributed by atoms with Crippen molar-refractivity contribution in [3.05, 3.63) is 90.5 Å². The predicted octanol–water partition coefficient (Wildman–Crippen LogP) is 2.21. The van der Waals surface area contributed by atoms with Gasteiger partial charge in [-0.15, -0.1) is 0 Å². The molecule has 0 aromatic heterocycles. The second kappa shape index (κ2) is 6.30. The van der Waals surface area contributed by atoms with Gasteiger partial charge in [-0.3, -0.25) is 0 Å². The fourth-order valence-corrected chi connectivity index (χ4v) is 5.84. The molecule has 3 aromatic carbocycles. The molecular weight excluding hydrogens is 284 g/mol. The van der Waals surface area contributed by atoms with E-state index in [1.54, 1.807) is 0 Å². The van der Waals surface area contributed by atoms with Gasteiger partial charge in [0, 0.05) is 0 Å². The third kappa shape index (κ3) is 2.63. The third-order valence-electron chi connectivity index (χ3n) is 4.16. The summed E-state index contributed by atoms with van der Waals surface area (Å²) in [7, 11) is -2.91. The van der Waals surface area contributed by atoms with Crippen LogP contribution >= 0.6 is 0 Å². The Balaban J connectivity index is 2.18. The summed E-state index contributed by atoms with van der Waals surface area (Å²) in [5.74, 6) is 0. The molecule has 0 radical (unpaired) electrons. The number of aryl methyl sites for hydroxylation is 1. The van der Waals surface area contributed by atoms with Crippen LogP contribution in [-0.2, 0) is 6.42 Å². The van der Waals surface area contributed by atoms with E-state index in [4.69, 9.17) is 0 Å². The number of hydrogen-bond donors (Lipinski definition) is 1. The lowest BCUT2D eigenvalue weighted by Gasteiger charge is -2.27. The minimum atomic E-state index is -2.91. The molecule has 110 valence electrons. The van der Waals surface area contributed by atoms with E-state index in [-0.39, 0.29) is 0 Å². The molecule has 0 aliphatic heterocycles. The second-order valence-corrected chi connectivity index (χ2v) is 8.65. The van der Waals surface area contributed by atoms with Gasteiger partial charge in [-0.2, -0.15) is 0 Å². The van der Waals surface area contributed by atoms with Gasteiger partial charge >= 0.3 is 0 Å². The number of hydrogen-bond acceptors (Lipinski definition) is 1. The minimum Gasteiger partial charge on any atom is -0.421 e. The smallest absolute Gasteiger partial charge is 0.285 e. The summed E-state index contributed by atoms with van der Waals surface area (Å²) in [4.78, 5) is 11.7. The first-order valence-corrected chi connectivity index (χ1v) is 9.62. The fraction of sp³-hybridized carbons (Fsp3) is 0.100. The Hall–Kier alpha value is -2.16. The first kappa shape index (κ1) is 14.8. The average Bonchev–Trinajstić information content (AvgIpc) is 2.62. The molecule has 0 saturated heterocycles. The zero-order valence-corrected chi connectivity index (χ0v) is 13.7. The van der Waals surface area contributed by atoms with Gasteiger partial charge in [0.2, 0.25) is 0 Å². The normalized spacial score (nSPS) is 11.4. The van der Waals surface area contributed by atoms with Gasteiger partial charge in [-0.25, -0.2) is 0 Å². The van der Waals surface area contributed by atoms with Gasteiger partial charge in [0.15, 0.2) is 0 Å². The monoisotopic (exact) mass is 304 g/mol. The molecule has 0 spiro atoms. The summed E-state index contributed by atoms with van der Waals surface area (Å²) in [5, 5.41) is 3.07. The topological polar surface area (TPSA) is 20.2 Å². The first-order valence-electron chi connectivity index (χ1n) is 7.68. The van der Waals surface area contributed by atoms with E-state index in [0.717, 1.165) is 22.0 Å². The van der Waals surface area contributed by atoms with Crippen LogP contribution in [0.1, 0.15) is 12.5 Å². The van der Waals surface area contributed by atoms with E-state index in [2.05, 4.69) is 31.2 Å². The summed E-state index contributed by atoms with van der Waals surface area (Å²) < 4.78 is 0. The lowest BCUT2D eigenvalue weighted by molar-refractivity contribution is 0.583.